The van der Waals surface area contributed by atoms with Crippen LogP contribution >= 0.6 is 11.8 Å². The van der Waals surface area contributed by atoms with E-state index in [0.717, 1.165) is 12.0 Å². The summed E-state index contributed by atoms with van der Waals surface area (Å²) in [6.45, 7) is 3.98. The highest BCUT2D eigenvalue weighted by Gasteiger charge is 2.23. The molecule has 0 aromatic carbocycles. The quantitative estimate of drug-likeness (QED) is 0.585. The topological polar surface area (TPSA) is 104 Å². The third-order valence-electron chi connectivity index (χ3n) is 2.39. The number of hydrogen-bond acceptors (Lipinski definition) is 7. The number of anilines is 1. The third-order valence-corrected chi connectivity index (χ3v) is 4.17. The molecule has 1 rings (SSSR count). The van der Waals surface area contributed by atoms with Gasteiger partial charge in [0.15, 0.2) is 0 Å². The molecule has 0 fully saturated rings. The van der Waals surface area contributed by atoms with Crippen molar-refractivity contribution in [1.82, 2.24) is 9.78 Å². The van der Waals surface area contributed by atoms with Crippen molar-refractivity contribution in [2.75, 3.05) is 30.1 Å². The molecule has 1 aromatic rings. The van der Waals surface area contributed by atoms with Crippen LogP contribution in [-0.4, -0.2) is 48.5 Å². The Morgan fingerprint density at radius 2 is 2.10 bits per heavy atom. The van der Waals surface area contributed by atoms with Crippen molar-refractivity contribution in [2.45, 2.75) is 25.4 Å². The first-order valence-electron chi connectivity index (χ1n) is 6.14. The van der Waals surface area contributed by atoms with Crippen LogP contribution in [0.3, 0.4) is 0 Å². The van der Waals surface area contributed by atoms with Gasteiger partial charge in [-0.2, -0.15) is 5.10 Å². The van der Waals surface area contributed by atoms with Gasteiger partial charge in [0.1, 0.15) is 26.2 Å². The number of aromatic nitrogens is 2. The Bertz CT molecular complexity index is 581. The number of rotatable bonds is 7. The first-order chi connectivity index (χ1) is 9.30. The van der Waals surface area contributed by atoms with Gasteiger partial charge in [-0.15, -0.1) is 11.8 Å². The Labute approximate surface area is 122 Å². The number of thioether (sulfide) groups is 1. The van der Waals surface area contributed by atoms with Gasteiger partial charge in [0.2, 0.25) is 0 Å². The number of carbonyl (C=O) groups excluding carboxylic acids is 1. The monoisotopic (exact) mass is 321 g/mol. The van der Waals surface area contributed by atoms with Crippen LogP contribution in [0.2, 0.25) is 0 Å². The molecular formula is C11H19N3O4S2. The molecule has 0 aliphatic rings. The lowest BCUT2D eigenvalue weighted by Gasteiger charge is -2.04. The first-order valence-corrected chi connectivity index (χ1v) is 9.18. The molecule has 0 aliphatic heterocycles. The summed E-state index contributed by atoms with van der Waals surface area (Å²) >= 11 is 1.36. The van der Waals surface area contributed by atoms with Gasteiger partial charge in [-0.1, -0.05) is 6.92 Å². The fraction of sp³-hybridized carbons (Fsp3) is 0.636. The number of hydrogen-bond donors (Lipinski definition) is 1. The van der Waals surface area contributed by atoms with E-state index in [2.05, 4.69) is 5.10 Å². The van der Waals surface area contributed by atoms with E-state index >= 15 is 0 Å². The molecule has 0 radical (unpaired) electrons. The predicted molar refractivity (Wildman–Crippen MR) is 78.7 cm³/mol. The average Bonchev–Trinajstić information content (AvgIpc) is 2.63. The van der Waals surface area contributed by atoms with Gasteiger partial charge in [-0.05, 0) is 12.7 Å². The van der Waals surface area contributed by atoms with E-state index in [-0.39, 0.29) is 30.3 Å². The highest BCUT2D eigenvalue weighted by Crippen LogP contribution is 2.27. The van der Waals surface area contributed by atoms with E-state index in [1.54, 1.807) is 6.92 Å². The summed E-state index contributed by atoms with van der Waals surface area (Å²) in [6.07, 6.45) is 1.14. The maximum Gasteiger partial charge on any atom is 0.344 e. The summed E-state index contributed by atoms with van der Waals surface area (Å²) < 4.78 is 28.7. The van der Waals surface area contributed by atoms with Crippen LogP contribution in [0.15, 0.2) is 5.03 Å². The van der Waals surface area contributed by atoms with Crippen molar-refractivity contribution in [3.63, 3.8) is 0 Å². The average molecular weight is 321 g/mol. The molecule has 1 heterocycles. The highest BCUT2D eigenvalue weighted by molar-refractivity contribution is 7.99. The van der Waals surface area contributed by atoms with Crippen molar-refractivity contribution < 1.29 is 17.9 Å². The molecule has 1 aromatic heterocycles. The summed E-state index contributed by atoms with van der Waals surface area (Å²) in [6, 6.07) is 0. The minimum Gasteiger partial charge on any atom is -0.462 e. The van der Waals surface area contributed by atoms with E-state index < -0.39 is 15.8 Å². The number of nitrogens with two attached hydrogens (primary N) is 1. The number of ether oxygens (including phenoxy) is 1. The summed E-state index contributed by atoms with van der Waals surface area (Å²) in [7, 11) is -3.12. The zero-order valence-corrected chi connectivity index (χ0v) is 13.4. The van der Waals surface area contributed by atoms with Crippen molar-refractivity contribution in [3.8, 4) is 0 Å². The van der Waals surface area contributed by atoms with Crippen LogP contribution in [0, 0.1) is 0 Å². The number of nitrogens with zero attached hydrogens (tertiary/aromatic N) is 2. The number of carbonyl (C=O) groups is 1. The van der Waals surface area contributed by atoms with E-state index in [1.165, 1.54) is 16.4 Å². The molecule has 0 saturated carbocycles. The van der Waals surface area contributed by atoms with E-state index in [9.17, 15) is 13.2 Å². The maximum atomic E-state index is 11.9. The normalized spacial score (nSPS) is 11.6. The summed E-state index contributed by atoms with van der Waals surface area (Å²) in [4.78, 5) is 11.9. The lowest BCUT2D eigenvalue weighted by atomic mass is 10.3. The van der Waals surface area contributed by atoms with Gasteiger partial charge < -0.3 is 10.5 Å². The smallest absolute Gasteiger partial charge is 0.344 e. The minimum atomic E-state index is -3.12. The highest BCUT2D eigenvalue weighted by atomic mass is 32.2. The maximum absolute atomic E-state index is 11.9. The largest absolute Gasteiger partial charge is 0.462 e. The molecule has 0 amide bonds. The Morgan fingerprint density at radius 1 is 1.45 bits per heavy atom. The number of aryl methyl sites for hydroxylation is 1. The molecule has 7 nitrogen and oxygen atoms in total. The van der Waals surface area contributed by atoms with Gasteiger partial charge in [0.25, 0.3) is 0 Å². The lowest BCUT2D eigenvalue weighted by Crippen LogP contribution is -2.15. The fourth-order valence-electron chi connectivity index (χ4n) is 1.51. The van der Waals surface area contributed by atoms with Gasteiger partial charge >= 0.3 is 5.97 Å². The number of sulfone groups is 1. The van der Waals surface area contributed by atoms with Gasteiger partial charge in [-0.25, -0.2) is 17.9 Å². The van der Waals surface area contributed by atoms with Gasteiger partial charge in [-0.3, -0.25) is 0 Å². The lowest BCUT2D eigenvalue weighted by molar-refractivity contribution is 0.0523. The summed E-state index contributed by atoms with van der Waals surface area (Å²) in [5.74, 6) is 0.237. The Balaban J connectivity index is 3.09. The van der Waals surface area contributed by atoms with Crippen LogP contribution < -0.4 is 5.73 Å². The van der Waals surface area contributed by atoms with Gasteiger partial charge in [0.05, 0.1) is 18.9 Å². The first kappa shape index (κ1) is 16.8. The Kier molecular flexibility index (Phi) is 5.88. The molecule has 20 heavy (non-hydrogen) atoms. The molecule has 0 spiro atoms. The SMILES string of the molecule is CCOC(=O)c1c(SCC)nn(CCS(C)(=O)=O)c1N. The molecule has 9 heteroatoms. The Hall–Kier alpha value is -1.22. The Morgan fingerprint density at radius 3 is 2.60 bits per heavy atom. The van der Waals surface area contributed by atoms with E-state index in [4.69, 9.17) is 10.5 Å². The molecule has 0 unspecified atom stereocenters. The molecule has 0 saturated heterocycles. The second-order valence-electron chi connectivity index (χ2n) is 4.07. The van der Waals surface area contributed by atoms with Crippen LogP contribution in [0.5, 0.6) is 0 Å². The molecule has 2 N–H and O–H groups in total. The number of nitrogen functional groups attached to an aromatic ring is 1. The minimum absolute atomic E-state index is 0.0859. The summed E-state index contributed by atoms with van der Waals surface area (Å²) in [5.41, 5.74) is 6.10. The molecule has 114 valence electrons. The fourth-order valence-corrected chi connectivity index (χ4v) is 2.77. The van der Waals surface area contributed by atoms with Crippen molar-refractivity contribution in [3.05, 3.63) is 5.56 Å². The summed E-state index contributed by atoms with van der Waals surface area (Å²) in [5, 5.41) is 4.66. The van der Waals surface area contributed by atoms with Crippen LogP contribution in [-0.2, 0) is 21.1 Å². The van der Waals surface area contributed by atoms with Crippen molar-refractivity contribution in [2.24, 2.45) is 0 Å². The van der Waals surface area contributed by atoms with Crippen LogP contribution in [0.1, 0.15) is 24.2 Å². The number of esters is 1. The second-order valence-corrected chi connectivity index (χ2v) is 7.58. The molecular weight excluding hydrogens is 302 g/mol. The van der Waals surface area contributed by atoms with E-state index in [1.807, 2.05) is 6.92 Å². The van der Waals surface area contributed by atoms with Crippen LogP contribution in [0.4, 0.5) is 5.82 Å². The van der Waals surface area contributed by atoms with Crippen molar-refractivity contribution >= 4 is 33.4 Å². The predicted octanol–water partition coefficient (Wildman–Crippen LogP) is 0.799. The van der Waals surface area contributed by atoms with Crippen LogP contribution in [0.25, 0.3) is 0 Å². The zero-order chi connectivity index (χ0) is 15.3. The zero-order valence-electron chi connectivity index (χ0n) is 11.7. The molecule has 0 bridgehead atoms. The van der Waals surface area contributed by atoms with E-state index in [0.29, 0.717) is 5.03 Å². The third kappa shape index (κ3) is 4.41. The second kappa shape index (κ2) is 6.98. The van der Waals surface area contributed by atoms with Crippen molar-refractivity contribution in [1.29, 1.82) is 0 Å². The molecule has 0 atom stereocenters. The standard InChI is InChI=1S/C11H19N3O4S2/c1-4-18-11(15)8-9(12)14(6-7-20(3,16)17)13-10(8)19-5-2/h4-7,12H2,1-3H3. The molecule has 0 aliphatic carbocycles. The van der Waals surface area contributed by atoms with Gasteiger partial charge in [0, 0.05) is 6.26 Å².